The van der Waals surface area contributed by atoms with Crippen LogP contribution >= 0.6 is 0 Å². The van der Waals surface area contributed by atoms with Gasteiger partial charge in [-0.15, -0.1) is 13.2 Å². The summed E-state index contributed by atoms with van der Waals surface area (Å²) in [6, 6.07) is 0. The van der Waals surface area contributed by atoms with Crippen LogP contribution in [0.25, 0.3) is 0 Å². The van der Waals surface area contributed by atoms with E-state index >= 15 is 0 Å². The van der Waals surface area contributed by atoms with Gasteiger partial charge in [0.25, 0.3) is 0 Å². The molecule has 0 aliphatic rings. The summed E-state index contributed by atoms with van der Waals surface area (Å²) >= 11 is 0. The molecule has 0 fully saturated rings. The minimum absolute atomic E-state index is 0.885. The first-order valence-corrected chi connectivity index (χ1v) is 11.2. The third kappa shape index (κ3) is 56.2. The average molecular weight is 419 g/mol. The number of hydrogen-bond donors (Lipinski definition) is 0. The molecule has 0 heteroatoms. The molecule has 0 aliphatic heterocycles. The lowest BCUT2D eigenvalue weighted by Gasteiger charge is -2.03. The number of allylic oxidation sites excluding steroid dienone is 10. The van der Waals surface area contributed by atoms with Crippen molar-refractivity contribution in [3.63, 3.8) is 0 Å². The van der Waals surface area contributed by atoms with Crippen molar-refractivity contribution in [2.75, 3.05) is 0 Å². The van der Waals surface area contributed by atoms with Crippen molar-refractivity contribution in [2.24, 2.45) is 0 Å². The predicted octanol–water partition coefficient (Wildman–Crippen LogP) is 11.7. The van der Waals surface area contributed by atoms with Crippen LogP contribution in [0.4, 0.5) is 0 Å². The zero-order chi connectivity index (χ0) is 26.6. The summed E-state index contributed by atoms with van der Waals surface area (Å²) in [5, 5.41) is 0. The molecular weight excluding hydrogens is 360 g/mol. The highest BCUT2D eigenvalue weighted by Gasteiger charge is 1.95. The Hall–Kier alpha value is -2.34. The van der Waals surface area contributed by atoms with Crippen LogP contribution in [0.5, 0.6) is 0 Å². The van der Waals surface area contributed by atoms with Crippen molar-refractivity contribution in [3.8, 4) is 0 Å². The van der Waals surface area contributed by atoms with Crippen LogP contribution in [-0.2, 0) is 0 Å². The first kappa shape index (κ1) is 50.9. The SMILES string of the molecule is C=C.C=CC(=C)/C(C=C)=C\C(C)=C(/C)C=C.C=CC=C.CC.CC.CC.CC.CC. The highest BCUT2D eigenvalue weighted by atomic mass is 14.0. The Balaban J connectivity index is -0.0000000419. The molecule has 0 rings (SSSR count). The minimum Gasteiger partial charge on any atom is -0.106 e. The quantitative estimate of drug-likeness (QED) is 0.297. The van der Waals surface area contributed by atoms with Gasteiger partial charge in [-0.3, -0.25) is 0 Å². The lowest BCUT2D eigenvalue weighted by Crippen LogP contribution is -1.83. The van der Waals surface area contributed by atoms with Gasteiger partial charge in [-0.2, -0.15) is 0 Å². The molecule has 0 aromatic rings. The van der Waals surface area contributed by atoms with E-state index in [9.17, 15) is 0 Å². The fourth-order valence-corrected chi connectivity index (χ4v) is 0.909. The lowest BCUT2D eigenvalue weighted by molar-refractivity contribution is 1.36. The van der Waals surface area contributed by atoms with Gasteiger partial charge in [-0.1, -0.05) is 145 Å². The van der Waals surface area contributed by atoms with Gasteiger partial charge in [0.2, 0.25) is 0 Å². The van der Waals surface area contributed by atoms with E-state index in [2.05, 4.69) is 52.6 Å². The van der Waals surface area contributed by atoms with Crippen molar-refractivity contribution < 1.29 is 0 Å². The van der Waals surface area contributed by atoms with E-state index in [1.807, 2.05) is 95.2 Å². The van der Waals surface area contributed by atoms with E-state index < -0.39 is 0 Å². The van der Waals surface area contributed by atoms with Crippen LogP contribution in [0.15, 0.2) is 111 Å². The Morgan fingerprint density at radius 2 is 0.800 bits per heavy atom. The van der Waals surface area contributed by atoms with E-state index in [0.717, 1.165) is 22.3 Å². The first-order valence-electron chi connectivity index (χ1n) is 11.2. The standard InChI is InChI=1S/C14H18.C4H6.5C2H6.C2H4/c1-7-11(4)13(6)10-14(9-3)12(5)8-2;1-3-4-2;6*1-2/h7-10H,1-3,5H2,4,6H3;3-4H,1-2H2;5*1-2H3;1-2H2/b13-11+,14-10-;;;;;;;. The third-order valence-corrected chi connectivity index (χ3v) is 2.30. The summed E-state index contributed by atoms with van der Waals surface area (Å²) in [4.78, 5) is 0. The molecule has 0 N–H and O–H groups in total. The van der Waals surface area contributed by atoms with Crippen LogP contribution in [0, 0.1) is 0 Å². The predicted molar refractivity (Wildman–Crippen MR) is 155 cm³/mol. The second-order valence-corrected chi connectivity index (χ2v) is 3.57. The van der Waals surface area contributed by atoms with E-state index in [-0.39, 0.29) is 0 Å². The Morgan fingerprint density at radius 3 is 0.967 bits per heavy atom. The summed E-state index contributed by atoms with van der Waals surface area (Å²) in [6.07, 6.45) is 10.7. The summed E-state index contributed by atoms with van der Waals surface area (Å²) in [6.45, 7) is 51.8. The summed E-state index contributed by atoms with van der Waals surface area (Å²) in [5.74, 6) is 0. The monoisotopic (exact) mass is 418 g/mol. The van der Waals surface area contributed by atoms with E-state index in [4.69, 9.17) is 0 Å². The Bertz CT molecular complexity index is 405. The minimum atomic E-state index is 0.885. The smallest absolute Gasteiger partial charge is 0.0193 e. The molecule has 0 spiro atoms. The lowest BCUT2D eigenvalue weighted by atomic mass is 10.0. The maximum atomic E-state index is 3.88. The highest BCUT2D eigenvalue weighted by Crippen LogP contribution is 2.15. The molecule has 30 heavy (non-hydrogen) atoms. The third-order valence-electron chi connectivity index (χ3n) is 2.30. The maximum Gasteiger partial charge on any atom is -0.0193 e. The van der Waals surface area contributed by atoms with E-state index in [1.165, 1.54) is 0 Å². The second kappa shape index (κ2) is 71.6. The summed E-state index contributed by atoms with van der Waals surface area (Å²) in [7, 11) is 0. The molecule has 0 bridgehead atoms. The van der Waals surface area contributed by atoms with Crippen LogP contribution in [0.3, 0.4) is 0 Å². The molecule has 0 saturated carbocycles. The average Bonchev–Trinajstić information content (AvgIpc) is 2.88. The topological polar surface area (TPSA) is 0 Å². The fraction of sp³-hybridized carbons (Fsp3) is 0.400. The second-order valence-electron chi connectivity index (χ2n) is 3.57. The largest absolute Gasteiger partial charge is 0.106 e. The van der Waals surface area contributed by atoms with Crippen molar-refractivity contribution in [3.05, 3.63) is 111 Å². The van der Waals surface area contributed by atoms with E-state index in [0.29, 0.717) is 0 Å². The summed E-state index contributed by atoms with van der Waals surface area (Å²) in [5.41, 5.74) is 4.20. The molecule has 178 valence electrons. The summed E-state index contributed by atoms with van der Waals surface area (Å²) < 4.78 is 0. The van der Waals surface area contributed by atoms with Crippen LogP contribution in [0.1, 0.15) is 83.1 Å². The number of rotatable bonds is 6. The molecule has 0 saturated heterocycles. The van der Waals surface area contributed by atoms with Gasteiger partial charge in [0.1, 0.15) is 0 Å². The molecular formula is C30H58. The molecule has 0 aliphatic carbocycles. The van der Waals surface area contributed by atoms with Crippen molar-refractivity contribution in [1.82, 2.24) is 0 Å². The first-order chi connectivity index (χ1) is 14.5. The molecule has 0 nitrogen and oxygen atoms in total. The van der Waals surface area contributed by atoms with Crippen molar-refractivity contribution >= 4 is 0 Å². The molecule has 0 aromatic carbocycles. The zero-order valence-electron chi connectivity index (χ0n) is 23.1. The Labute approximate surface area is 194 Å². The normalized spacial score (nSPS) is 7.80. The van der Waals surface area contributed by atoms with Gasteiger partial charge in [-0.25, -0.2) is 0 Å². The van der Waals surface area contributed by atoms with Crippen LogP contribution in [-0.4, -0.2) is 0 Å². The van der Waals surface area contributed by atoms with Crippen LogP contribution in [0.2, 0.25) is 0 Å². The van der Waals surface area contributed by atoms with Gasteiger partial charge in [-0.05, 0) is 36.1 Å². The zero-order valence-corrected chi connectivity index (χ0v) is 23.1. The van der Waals surface area contributed by atoms with Gasteiger partial charge >= 0.3 is 0 Å². The van der Waals surface area contributed by atoms with E-state index in [1.54, 1.807) is 24.3 Å². The van der Waals surface area contributed by atoms with Gasteiger partial charge < -0.3 is 0 Å². The maximum absolute atomic E-state index is 3.88. The highest BCUT2D eigenvalue weighted by molar-refractivity contribution is 5.48. The Morgan fingerprint density at radius 1 is 0.500 bits per heavy atom. The molecule has 0 heterocycles. The number of hydrogen-bond acceptors (Lipinski definition) is 0. The van der Waals surface area contributed by atoms with Crippen molar-refractivity contribution in [2.45, 2.75) is 83.1 Å². The van der Waals surface area contributed by atoms with Crippen LogP contribution < -0.4 is 0 Å². The fourth-order valence-electron chi connectivity index (χ4n) is 0.909. The molecule has 0 unspecified atom stereocenters. The molecule has 0 atom stereocenters. The van der Waals surface area contributed by atoms with Gasteiger partial charge in [0, 0.05) is 0 Å². The van der Waals surface area contributed by atoms with Gasteiger partial charge in [0.05, 0.1) is 0 Å². The molecule has 0 aromatic heterocycles. The Kier molecular flexibility index (Phi) is 121. The molecule has 0 amide bonds. The van der Waals surface area contributed by atoms with Gasteiger partial charge in [0.15, 0.2) is 0 Å². The molecule has 0 radical (unpaired) electrons. The van der Waals surface area contributed by atoms with Crippen molar-refractivity contribution in [1.29, 1.82) is 0 Å².